The van der Waals surface area contributed by atoms with Crippen molar-refractivity contribution in [2.24, 2.45) is 5.10 Å². The molecule has 0 aliphatic carbocycles. The maximum atomic E-state index is 12.5. The third kappa shape index (κ3) is 4.65. The van der Waals surface area contributed by atoms with E-state index in [1.807, 2.05) is 30.3 Å². The Morgan fingerprint density at radius 3 is 2.67 bits per heavy atom. The first-order valence-corrected chi connectivity index (χ1v) is 12.1. The van der Waals surface area contributed by atoms with Crippen LogP contribution in [-0.4, -0.2) is 48.5 Å². The predicted molar refractivity (Wildman–Crippen MR) is 114 cm³/mol. The molecule has 158 valence electrons. The van der Waals surface area contributed by atoms with Crippen molar-refractivity contribution < 1.29 is 22.4 Å². The Morgan fingerprint density at radius 2 is 1.97 bits per heavy atom. The Morgan fingerprint density at radius 1 is 1.20 bits per heavy atom. The minimum absolute atomic E-state index is 0.0394. The van der Waals surface area contributed by atoms with Gasteiger partial charge in [0.15, 0.2) is 9.84 Å². The molecular weight excluding hydrogens is 474 g/mol. The predicted octanol–water partition coefficient (Wildman–Crippen LogP) is 2.49. The van der Waals surface area contributed by atoms with Gasteiger partial charge in [-0.2, -0.15) is 5.10 Å². The molecule has 1 saturated heterocycles. The molecule has 1 unspecified atom stereocenters. The van der Waals surface area contributed by atoms with E-state index < -0.39 is 21.8 Å². The van der Waals surface area contributed by atoms with Gasteiger partial charge in [0.25, 0.3) is 5.91 Å². The van der Waals surface area contributed by atoms with Gasteiger partial charge in [-0.15, -0.1) is 0 Å². The fraction of sp³-hybridized carbons (Fsp3) is 0.350. The van der Waals surface area contributed by atoms with E-state index in [1.54, 1.807) is 6.07 Å². The van der Waals surface area contributed by atoms with Gasteiger partial charge in [-0.3, -0.25) is 9.59 Å². The number of sulfone groups is 1. The van der Waals surface area contributed by atoms with Crippen LogP contribution in [0, 0.1) is 0 Å². The van der Waals surface area contributed by atoms with E-state index >= 15 is 0 Å². The van der Waals surface area contributed by atoms with Crippen molar-refractivity contribution in [2.45, 2.75) is 31.8 Å². The highest BCUT2D eigenvalue weighted by atomic mass is 79.9. The maximum Gasteiger partial charge on any atom is 0.267 e. The van der Waals surface area contributed by atoms with E-state index in [0.29, 0.717) is 17.9 Å². The summed E-state index contributed by atoms with van der Waals surface area (Å²) < 4.78 is 30.2. The van der Waals surface area contributed by atoms with Crippen LogP contribution in [0.15, 0.2) is 50.4 Å². The summed E-state index contributed by atoms with van der Waals surface area (Å²) in [6.07, 6.45) is 0.706. The van der Waals surface area contributed by atoms with E-state index in [9.17, 15) is 18.0 Å². The molecule has 0 bridgehead atoms. The smallest absolute Gasteiger partial charge is 0.267 e. The summed E-state index contributed by atoms with van der Waals surface area (Å²) in [6, 6.07) is 10.8. The van der Waals surface area contributed by atoms with Crippen molar-refractivity contribution >= 4 is 43.3 Å². The summed E-state index contributed by atoms with van der Waals surface area (Å²) in [6.45, 7) is 0.181. The molecule has 1 aromatic carbocycles. The average molecular weight is 494 g/mol. The number of hydrogen-bond acceptors (Lipinski definition) is 6. The van der Waals surface area contributed by atoms with Gasteiger partial charge in [0, 0.05) is 22.9 Å². The zero-order valence-corrected chi connectivity index (χ0v) is 18.4. The van der Waals surface area contributed by atoms with Crippen LogP contribution >= 0.6 is 15.9 Å². The first-order chi connectivity index (χ1) is 14.3. The van der Waals surface area contributed by atoms with Gasteiger partial charge in [0.1, 0.15) is 17.2 Å². The molecule has 10 heteroatoms. The Labute approximate surface area is 182 Å². The molecule has 3 heterocycles. The first kappa shape index (κ1) is 20.8. The van der Waals surface area contributed by atoms with Crippen LogP contribution in [0.3, 0.4) is 0 Å². The molecule has 1 N–H and O–H groups in total. The Balaban J connectivity index is 1.39. The number of nitrogens with zero attached hydrogens (tertiary/aromatic N) is 2. The summed E-state index contributed by atoms with van der Waals surface area (Å²) in [4.78, 5) is 24.7. The molecule has 0 radical (unpaired) electrons. The maximum absolute atomic E-state index is 12.5. The minimum atomic E-state index is -3.15. The molecule has 30 heavy (non-hydrogen) atoms. The SMILES string of the molecule is O=C(NCc1ccc(-c2ccc(Br)cc2)o1)C1=NN(C2CCS(=O)(=O)C2)C(=O)CC1. The number of amides is 2. The number of furan rings is 1. The lowest BCUT2D eigenvalue weighted by atomic mass is 10.1. The van der Waals surface area contributed by atoms with Crippen molar-refractivity contribution in [2.75, 3.05) is 11.5 Å². The van der Waals surface area contributed by atoms with Crippen molar-refractivity contribution in [3.05, 3.63) is 46.6 Å². The van der Waals surface area contributed by atoms with Crippen LogP contribution < -0.4 is 5.32 Å². The van der Waals surface area contributed by atoms with Crippen LogP contribution in [0.5, 0.6) is 0 Å². The first-order valence-electron chi connectivity index (χ1n) is 9.53. The average Bonchev–Trinajstić information content (AvgIpc) is 3.33. The van der Waals surface area contributed by atoms with Gasteiger partial charge in [-0.05, 0) is 30.7 Å². The minimum Gasteiger partial charge on any atom is -0.459 e. The number of hydrogen-bond donors (Lipinski definition) is 1. The lowest BCUT2D eigenvalue weighted by Gasteiger charge is -2.27. The third-order valence-corrected chi connectivity index (χ3v) is 7.37. The van der Waals surface area contributed by atoms with E-state index in [1.165, 1.54) is 5.01 Å². The second-order valence-electron chi connectivity index (χ2n) is 7.30. The number of rotatable bonds is 5. The largest absolute Gasteiger partial charge is 0.459 e. The van der Waals surface area contributed by atoms with Gasteiger partial charge in [0.05, 0.1) is 24.1 Å². The highest BCUT2D eigenvalue weighted by Gasteiger charge is 2.37. The molecule has 1 atom stereocenters. The topological polar surface area (TPSA) is 109 Å². The zero-order valence-electron chi connectivity index (χ0n) is 16.0. The monoisotopic (exact) mass is 493 g/mol. The molecule has 0 spiro atoms. The molecule has 1 fully saturated rings. The number of nitrogens with one attached hydrogen (secondary N) is 1. The van der Waals surface area contributed by atoms with Crippen molar-refractivity contribution in [3.63, 3.8) is 0 Å². The molecular formula is C20H20BrN3O5S. The van der Waals surface area contributed by atoms with Gasteiger partial charge in [-0.1, -0.05) is 28.1 Å². The molecule has 2 aromatic rings. The summed E-state index contributed by atoms with van der Waals surface area (Å²) >= 11 is 3.39. The zero-order chi connectivity index (χ0) is 21.3. The van der Waals surface area contributed by atoms with Gasteiger partial charge in [0.2, 0.25) is 5.91 Å². The normalized spacial score (nSPS) is 20.8. The molecule has 4 rings (SSSR count). The standard InChI is InChI=1S/C20H20BrN3O5S/c21-14-3-1-13(2-4-14)18-7-5-16(29-18)11-22-20(26)17-6-8-19(25)24(23-17)15-9-10-30(27,28)12-15/h1-5,7,15H,6,8-12H2,(H,22,26). The van der Waals surface area contributed by atoms with Crippen LogP contribution in [0.1, 0.15) is 25.0 Å². The van der Waals surface area contributed by atoms with Gasteiger partial charge < -0.3 is 9.73 Å². The highest BCUT2D eigenvalue weighted by molar-refractivity contribution is 9.10. The number of carbonyl (C=O) groups is 2. The lowest BCUT2D eigenvalue weighted by Crippen LogP contribution is -2.43. The van der Waals surface area contributed by atoms with Gasteiger partial charge >= 0.3 is 0 Å². The van der Waals surface area contributed by atoms with E-state index in [2.05, 4.69) is 26.3 Å². The summed E-state index contributed by atoms with van der Waals surface area (Å²) in [7, 11) is -3.15. The Bertz CT molecular complexity index is 1110. The van der Waals surface area contributed by atoms with Gasteiger partial charge in [-0.25, -0.2) is 13.4 Å². The number of benzene rings is 1. The molecule has 0 saturated carbocycles. The highest BCUT2D eigenvalue weighted by Crippen LogP contribution is 2.24. The number of hydrazone groups is 1. The molecule has 8 nitrogen and oxygen atoms in total. The van der Waals surface area contributed by atoms with E-state index in [0.717, 1.165) is 10.0 Å². The lowest BCUT2D eigenvalue weighted by molar-refractivity contribution is -0.133. The van der Waals surface area contributed by atoms with Crippen molar-refractivity contribution in [1.29, 1.82) is 0 Å². The van der Waals surface area contributed by atoms with Crippen LogP contribution in [0.2, 0.25) is 0 Å². The Hall–Kier alpha value is -2.46. The molecule has 2 aliphatic heterocycles. The molecule has 1 aromatic heterocycles. The fourth-order valence-electron chi connectivity index (χ4n) is 3.50. The summed E-state index contributed by atoms with van der Waals surface area (Å²) in [5.41, 5.74) is 1.15. The van der Waals surface area contributed by atoms with Crippen LogP contribution in [0.4, 0.5) is 0 Å². The van der Waals surface area contributed by atoms with Crippen molar-refractivity contribution in [3.8, 4) is 11.3 Å². The second kappa shape index (κ2) is 8.35. The molecule has 2 amide bonds. The van der Waals surface area contributed by atoms with E-state index in [-0.39, 0.29) is 42.5 Å². The summed E-state index contributed by atoms with van der Waals surface area (Å²) in [5.74, 6) is 0.572. The van der Waals surface area contributed by atoms with Crippen LogP contribution in [-0.2, 0) is 26.0 Å². The van der Waals surface area contributed by atoms with Crippen molar-refractivity contribution in [1.82, 2.24) is 10.3 Å². The summed E-state index contributed by atoms with van der Waals surface area (Å²) in [5, 5.41) is 8.11. The number of carbonyl (C=O) groups excluding carboxylic acids is 2. The quantitative estimate of drug-likeness (QED) is 0.687. The Kier molecular flexibility index (Phi) is 5.79. The van der Waals surface area contributed by atoms with E-state index in [4.69, 9.17) is 4.42 Å². The molecule has 2 aliphatic rings. The second-order valence-corrected chi connectivity index (χ2v) is 10.4. The number of halogens is 1. The fourth-order valence-corrected chi connectivity index (χ4v) is 5.46. The van der Waals surface area contributed by atoms with Crippen LogP contribution in [0.25, 0.3) is 11.3 Å². The third-order valence-electron chi connectivity index (χ3n) is 5.09.